The van der Waals surface area contributed by atoms with Crippen LogP contribution in [0, 0.1) is 17.0 Å². The molecular formula is C8H10N2O2S. The minimum Gasteiger partial charge on any atom is -0.259 e. The standard InChI is InChI=1S/C8H10N2O2S/c1-3-7(10(11)12)4-8-9-6(2)5-13-8/h4-5H,3H2,1-2H3. The Morgan fingerprint density at radius 3 is 2.92 bits per heavy atom. The van der Waals surface area contributed by atoms with Crippen LogP contribution in [0.3, 0.4) is 0 Å². The summed E-state index contributed by atoms with van der Waals surface area (Å²) in [5.41, 5.74) is 1.10. The van der Waals surface area contributed by atoms with Crippen molar-refractivity contribution in [1.29, 1.82) is 0 Å². The highest BCUT2D eigenvalue weighted by molar-refractivity contribution is 7.10. The first kappa shape index (κ1) is 9.85. The second kappa shape index (κ2) is 4.13. The van der Waals surface area contributed by atoms with Gasteiger partial charge < -0.3 is 0 Å². The lowest BCUT2D eigenvalue weighted by Crippen LogP contribution is -1.96. The largest absolute Gasteiger partial charge is 0.259 e. The van der Waals surface area contributed by atoms with Crippen molar-refractivity contribution >= 4 is 17.4 Å². The quantitative estimate of drug-likeness (QED) is 0.553. The highest BCUT2D eigenvalue weighted by Crippen LogP contribution is 2.14. The van der Waals surface area contributed by atoms with Crippen molar-refractivity contribution in [2.24, 2.45) is 0 Å². The molecular weight excluding hydrogens is 188 g/mol. The molecule has 0 atom stereocenters. The van der Waals surface area contributed by atoms with Crippen molar-refractivity contribution in [1.82, 2.24) is 4.98 Å². The number of aromatic nitrogens is 1. The van der Waals surface area contributed by atoms with E-state index in [1.165, 1.54) is 17.4 Å². The summed E-state index contributed by atoms with van der Waals surface area (Å²) < 4.78 is 0. The van der Waals surface area contributed by atoms with Gasteiger partial charge in [-0.05, 0) is 6.92 Å². The van der Waals surface area contributed by atoms with Crippen LogP contribution >= 0.6 is 11.3 Å². The van der Waals surface area contributed by atoms with Gasteiger partial charge in [-0.3, -0.25) is 10.1 Å². The van der Waals surface area contributed by atoms with E-state index in [1.54, 1.807) is 6.92 Å². The number of aryl methyl sites for hydroxylation is 1. The molecule has 1 heterocycles. The molecule has 0 fully saturated rings. The zero-order chi connectivity index (χ0) is 9.84. The fourth-order valence-electron chi connectivity index (χ4n) is 0.865. The van der Waals surface area contributed by atoms with Crippen LogP contribution in [0.4, 0.5) is 0 Å². The maximum absolute atomic E-state index is 10.5. The second-order valence-corrected chi connectivity index (χ2v) is 3.46. The predicted molar refractivity (Wildman–Crippen MR) is 52.1 cm³/mol. The molecule has 0 unspecified atom stereocenters. The number of nitrogens with zero attached hydrogens (tertiary/aromatic N) is 2. The summed E-state index contributed by atoms with van der Waals surface area (Å²) in [6.07, 6.45) is 1.95. The van der Waals surface area contributed by atoms with E-state index >= 15 is 0 Å². The molecule has 0 saturated carbocycles. The average Bonchev–Trinajstić information content (AvgIpc) is 2.46. The summed E-state index contributed by atoms with van der Waals surface area (Å²) in [6, 6.07) is 0. The summed E-state index contributed by atoms with van der Waals surface area (Å²) in [5.74, 6) is 0. The number of rotatable bonds is 3. The molecule has 5 heteroatoms. The summed E-state index contributed by atoms with van der Waals surface area (Å²) >= 11 is 1.42. The van der Waals surface area contributed by atoms with E-state index in [-0.39, 0.29) is 10.6 Å². The fraction of sp³-hybridized carbons (Fsp3) is 0.375. The molecule has 70 valence electrons. The highest BCUT2D eigenvalue weighted by Gasteiger charge is 2.08. The number of nitro groups is 1. The van der Waals surface area contributed by atoms with Crippen LogP contribution in [-0.2, 0) is 0 Å². The summed E-state index contributed by atoms with van der Waals surface area (Å²) in [5, 5.41) is 13.0. The molecule has 0 saturated heterocycles. The smallest absolute Gasteiger partial charge is 0.248 e. The Kier molecular flexibility index (Phi) is 3.13. The molecule has 0 bridgehead atoms. The van der Waals surface area contributed by atoms with Gasteiger partial charge in [0, 0.05) is 23.6 Å². The summed E-state index contributed by atoms with van der Waals surface area (Å²) in [7, 11) is 0. The van der Waals surface area contributed by atoms with Gasteiger partial charge in [-0.25, -0.2) is 4.98 Å². The van der Waals surface area contributed by atoms with Gasteiger partial charge in [-0.2, -0.15) is 0 Å². The van der Waals surface area contributed by atoms with Gasteiger partial charge in [0.05, 0.1) is 4.92 Å². The number of hydrogen-bond donors (Lipinski definition) is 0. The Labute approximate surface area is 80.1 Å². The highest BCUT2D eigenvalue weighted by atomic mass is 32.1. The van der Waals surface area contributed by atoms with E-state index in [4.69, 9.17) is 0 Å². The number of thiazole rings is 1. The third-order valence-corrected chi connectivity index (χ3v) is 2.43. The van der Waals surface area contributed by atoms with Crippen molar-refractivity contribution in [3.05, 3.63) is 31.9 Å². The third kappa shape index (κ3) is 2.62. The van der Waals surface area contributed by atoms with Crippen LogP contribution in [0.2, 0.25) is 0 Å². The van der Waals surface area contributed by atoms with E-state index < -0.39 is 0 Å². The predicted octanol–water partition coefficient (Wildman–Crippen LogP) is 2.48. The summed E-state index contributed by atoms with van der Waals surface area (Å²) in [6.45, 7) is 3.63. The average molecular weight is 198 g/mol. The Morgan fingerprint density at radius 2 is 2.54 bits per heavy atom. The van der Waals surface area contributed by atoms with E-state index in [9.17, 15) is 10.1 Å². The van der Waals surface area contributed by atoms with Crippen molar-refractivity contribution in [3.8, 4) is 0 Å². The minimum atomic E-state index is -0.364. The Morgan fingerprint density at radius 1 is 1.85 bits per heavy atom. The van der Waals surface area contributed by atoms with Gasteiger partial charge in [-0.15, -0.1) is 11.3 Å². The van der Waals surface area contributed by atoms with Gasteiger partial charge in [0.2, 0.25) is 5.70 Å². The molecule has 1 aromatic rings. The fourth-order valence-corrected chi connectivity index (χ4v) is 1.61. The maximum Gasteiger partial charge on any atom is 0.248 e. The molecule has 0 aliphatic rings. The van der Waals surface area contributed by atoms with Crippen LogP contribution in [0.25, 0.3) is 6.08 Å². The monoisotopic (exact) mass is 198 g/mol. The zero-order valence-corrected chi connectivity index (χ0v) is 8.30. The van der Waals surface area contributed by atoms with Gasteiger partial charge in [0.15, 0.2) is 0 Å². The normalized spacial score (nSPS) is 11.7. The second-order valence-electron chi connectivity index (χ2n) is 2.57. The van der Waals surface area contributed by atoms with Gasteiger partial charge in [-0.1, -0.05) is 6.92 Å². The van der Waals surface area contributed by atoms with E-state index in [0.29, 0.717) is 11.4 Å². The number of allylic oxidation sites excluding steroid dienone is 1. The molecule has 0 radical (unpaired) electrons. The molecule has 0 amide bonds. The minimum absolute atomic E-state index is 0.203. The maximum atomic E-state index is 10.5. The van der Waals surface area contributed by atoms with Crippen LogP contribution < -0.4 is 0 Å². The lowest BCUT2D eigenvalue weighted by Gasteiger charge is -1.90. The Hall–Kier alpha value is -1.23. The molecule has 0 N–H and O–H groups in total. The molecule has 13 heavy (non-hydrogen) atoms. The molecule has 1 aromatic heterocycles. The van der Waals surface area contributed by atoms with Crippen molar-refractivity contribution in [2.45, 2.75) is 20.3 Å². The Bertz CT molecular complexity index is 344. The van der Waals surface area contributed by atoms with Gasteiger partial charge >= 0.3 is 0 Å². The zero-order valence-electron chi connectivity index (χ0n) is 7.48. The van der Waals surface area contributed by atoms with Crippen LogP contribution in [-0.4, -0.2) is 9.91 Å². The first-order valence-corrected chi connectivity index (χ1v) is 4.78. The van der Waals surface area contributed by atoms with Gasteiger partial charge in [0.25, 0.3) is 0 Å². The van der Waals surface area contributed by atoms with Crippen molar-refractivity contribution in [2.75, 3.05) is 0 Å². The summed E-state index contributed by atoms with van der Waals surface area (Å²) in [4.78, 5) is 14.2. The molecule has 4 nitrogen and oxygen atoms in total. The van der Waals surface area contributed by atoms with Gasteiger partial charge in [0.1, 0.15) is 5.01 Å². The lowest BCUT2D eigenvalue weighted by molar-refractivity contribution is -0.425. The van der Waals surface area contributed by atoms with Crippen LogP contribution in [0.15, 0.2) is 11.1 Å². The van der Waals surface area contributed by atoms with Crippen LogP contribution in [0.1, 0.15) is 24.0 Å². The lowest BCUT2D eigenvalue weighted by atomic mass is 10.3. The first-order valence-electron chi connectivity index (χ1n) is 3.90. The third-order valence-electron chi connectivity index (χ3n) is 1.52. The van der Waals surface area contributed by atoms with Crippen molar-refractivity contribution in [3.63, 3.8) is 0 Å². The number of hydrogen-bond acceptors (Lipinski definition) is 4. The molecule has 0 aromatic carbocycles. The topological polar surface area (TPSA) is 56.0 Å². The Balaban J connectivity index is 2.91. The van der Waals surface area contributed by atoms with Crippen molar-refractivity contribution < 1.29 is 4.92 Å². The van der Waals surface area contributed by atoms with E-state index in [1.807, 2.05) is 12.3 Å². The first-order chi connectivity index (χ1) is 6.13. The van der Waals surface area contributed by atoms with E-state index in [0.717, 1.165) is 5.69 Å². The molecule has 0 aliphatic heterocycles. The molecule has 0 spiro atoms. The van der Waals surface area contributed by atoms with E-state index in [2.05, 4.69) is 4.98 Å². The SMILES string of the molecule is CCC(=Cc1nc(C)cs1)[N+](=O)[O-]. The molecule has 1 rings (SSSR count). The molecule has 0 aliphatic carbocycles. The van der Waals surface area contributed by atoms with Crippen LogP contribution in [0.5, 0.6) is 0 Å².